The van der Waals surface area contributed by atoms with E-state index in [-0.39, 0.29) is 27.2 Å². The van der Waals surface area contributed by atoms with Crippen molar-refractivity contribution in [2.24, 2.45) is 0 Å². The highest BCUT2D eigenvalue weighted by Crippen LogP contribution is 2.29. The molecule has 11 heteroatoms. The summed E-state index contributed by atoms with van der Waals surface area (Å²) in [4.78, 5) is 24.9. The van der Waals surface area contributed by atoms with Crippen LogP contribution in [0.3, 0.4) is 0 Å². The Kier molecular flexibility index (Phi) is 8.34. The molecule has 0 unspecified atom stereocenters. The first-order chi connectivity index (χ1) is 15.2. The van der Waals surface area contributed by atoms with E-state index >= 15 is 0 Å². The average Bonchev–Trinajstić information content (AvgIpc) is 2.65. The molecule has 9 nitrogen and oxygen atoms in total. The van der Waals surface area contributed by atoms with Crippen LogP contribution in [0.1, 0.15) is 45.0 Å². The Bertz CT molecular complexity index is 1140. The summed E-state index contributed by atoms with van der Waals surface area (Å²) >= 11 is 6.15. The van der Waals surface area contributed by atoms with E-state index in [4.69, 9.17) is 21.1 Å². The zero-order chi connectivity index (χ0) is 25.0. The third-order valence-corrected chi connectivity index (χ3v) is 5.96. The van der Waals surface area contributed by atoms with Gasteiger partial charge in [-0.3, -0.25) is 10.1 Å². The Balaban J connectivity index is 2.30. The Hall–Kier alpha value is -2.82. The van der Waals surface area contributed by atoms with Crippen molar-refractivity contribution in [3.8, 4) is 5.75 Å². The first-order valence-corrected chi connectivity index (χ1v) is 11.9. The number of anilines is 2. The lowest BCUT2D eigenvalue weighted by Gasteiger charge is -2.20. The quantitative estimate of drug-likeness (QED) is 0.512. The molecule has 0 aliphatic carbocycles. The second kappa shape index (κ2) is 10.4. The van der Waals surface area contributed by atoms with Crippen molar-refractivity contribution >= 4 is 45.0 Å². The zero-order valence-electron chi connectivity index (χ0n) is 19.3. The molecule has 0 spiro atoms. The lowest BCUT2D eigenvalue weighted by atomic mass is 10.2. The van der Waals surface area contributed by atoms with Gasteiger partial charge in [-0.05, 0) is 71.0 Å². The van der Waals surface area contributed by atoms with E-state index in [0.717, 1.165) is 0 Å². The van der Waals surface area contributed by atoms with Crippen molar-refractivity contribution in [3.63, 3.8) is 0 Å². The number of rotatable bonds is 7. The van der Waals surface area contributed by atoms with Crippen LogP contribution in [-0.2, 0) is 14.8 Å². The summed E-state index contributed by atoms with van der Waals surface area (Å²) in [6.07, 6.45) is -0.692. The number of hydrogen-bond donors (Lipinski definition) is 3. The molecular formula is C22H28ClN3O6S. The molecule has 2 rings (SSSR count). The first-order valence-electron chi connectivity index (χ1n) is 10.0. The molecule has 0 aromatic heterocycles. The largest absolute Gasteiger partial charge is 0.495 e. The van der Waals surface area contributed by atoms with E-state index in [1.807, 2.05) is 0 Å². The average molecular weight is 498 g/mol. The molecule has 0 radical (unpaired) electrons. The Morgan fingerprint density at radius 3 is 2.27 bits per heavy atom. The fourth-order valence-electron chi connectivity index (χ4n) is 2.72. The number of halogens is 1. The van der Waals surface area contributed by atoms with E-state index in [1.54, 1.807) is 46.8 Å². The van der Waals surface area contributed by atoms with Gasteiger partial charge < -0.3 is 14.8 Å². The van der Waals surface area contributed by atoms with Gasteiger partial charge in [0.15, 0.2) is 0 Å². The molecule has 0 aliphatic heterocycles. The molecule has 0 atom stereocenters. The van der Waals surface area contributed by atoms with Gasteiger partial charge in [-0.25, -0.2) is 17.9 Å². The van der Waals surface area contributed by atoms with E-state index < -0.39 is 27.6 Å². The van der Waals surface area contributed by atoms with Gasteiger partial charge in [-0.2, -0.15) is 0 Å². The normalized spacial score (nSPS) is 11.8. The van der Waals surface area contributed by atoms with Crippen molar-refractivity contribution in [2.75, 3.05) is 17.7 Å². The maximum absolute atomic E-state index is 12.9. The van der Waals surface area contributed by atoms with Crippen molar-refractivity contribution in [3.05, 3.63) is 47.0 Å². The van der Waals surface area contributed by atoms with Crippen LogP contribution >= 0.6 is 11.6 Å². The molecule has 0 fully saturated rings. The molecular weight excluding hydrogens is 470 g/mol. The van der Waals surface area contributed by atoms with Gasteiger partial charge in [-0.1, -0.05) is 11.6 Å². The topological polar surface area (TPSA) is 123 Å². The third-order valence-electron chi connectivity index (χ3n) is 3.98. The van der Waals surface area contributed by atoms with Gasteiger partial charge in [0.2, 0.25) is 10.0 Å². The number of nitrogens with one attached hydrogen (secondary N) is 3. The summed E-state index contributed by atoms with van der Waals surface area (Å²) in [6, 6.07) is 8.14. The van der Waals surface area contributed by atoms with Crippen LogP contribution in [0.4, 0.5) is 16.2 Å². The minimum Gasteiger partial charge on any atom is -0.495 e. The van der Waals surface area contributed by atoms with Gasteiger partial charge in [0.05, 0.1) is 28.3 Å². The summed E-state index contributed by atoms with van der Waals surface area (Å²) < 4.78 is 37.9. The number of carbonyl (C=O) groups is 2. The van der Waals surface area contributed by atoms with Gasteiger partial charge in [0.1, 0.15) is 11.4 Å². The second-order valence-corrected chi connectivity index (χ2v) is 10.5. The highest BCUT2D eigenvalue weighted by molar-refractivity contribution is 7.89. The number of ether oxygens (including phenoxy) is 2. The molecule has 2 aromatic rings. The van der Waals surface area contributed by atoms with E-state index in [2.05, 4.69) is 15.4 Å². The maximum atomic E-state index is 12.9. The third kappa shape index (κ3) is 7.62. The minimum absolute atomic E-state index is 0.0271. The molecule has 2 aromatic carbocycles. The number of carbonyl (C=O) groups excluding carboxylic acids is 2. The number of methoxy groups -OCH3 is 1. The van der Waals surface area contributed by atoms with Gasteiger partial charge >= 0.3 is 6.09 Å². The predicted molar refractivity (Wildman–Crippen MR) is 128 cm³/mol. The summed E-state index contributed by atoms with van der Waals surface area (Å²) in [6.45, 7) is 8.57. The summed E-state index contributed by atoms with van der Waals surface area (Å²) in [5.41, 5.74) is -0.138. The van der Waals surface area contributed by atoms with Crippen LogP contribution in [0.15, 0.2) is 41.3 Å². The molecule has 0 bridgehead atoms. The van der Waals surface area contributed by atoms with Crippen molar-refractivity contribution in [1.82, 2.24) is 4.72 Å². The van der Waals surface area contributed by atoms with Crippen molar-refractivity contribution < 1.29 is 27.5 Å². The monoisotopic (exact) mass is 497 g/mol. The molecule has 0 saturated carbocycles. The van der Waals surface area contributed by atoms with E-state index in [1.165, 1.54) is 31.4 Å². The first kappa shape index (κ1) is 26.4. The SMILES string of the molecule is COc1ccc(NC(=O)c2cc(S(=O)(=O)NC(C)C)ccc2Cl)cc1NC(=O)OC(C)(C)C. The predicted octanol–water partition coefficient (Wildman–Crippen LogP) is 4.63. The van der Waals surface area contributed by atoms with Crippen molar-refractivity contribution in [2.45, 2.75) is 51.2 Å². The number of amides is 2. The second-order valence-electron chi connectivity index (χ2n) is 8.41. The lowest BCUT2D eigenvalue weighted by molar-refractivity contribution is 0.0635. The standard InChI is InChI=1S/C22H28ClN3O6S/c1-13(2)26-33(29,30)15-8-9-17(23)16(12-15)20(27)24-14-7-10-19(31-6)18(11-14)25-21(28)32-22(3,4)5/h7-13,26H,1-6H3,(H,24,27)(H,25,28). The molecule has 0 saturated heterocycles. The summed E-state index contributed by atoms with van der Waals surface area (Å²) in [7, 11) is -2.38. The molecule has 2 amide bonds. The fourth-order valence-corrected chi connectivity index (χ4v) is 4.20. The maximum Gasteiger partial charge on any atom is 0.412 e. The van der Waals surface area contributed by atoms with Gasteiger partial charge in [-0.15, -0.1) is 0 Å². The van der Waals surface area contributed by atoms with Crippen LogP contribution < -0.4 is 20.1 Å². The van der Waals surface area contributed by atoms with Crippen LogP contribution in [0.5, 0.6) is 5.75 Å². The van der Waals surface area contributed by atoms with Crippen molar-refractivity contribution in [1.29, 1.82) is 0 Å². The van der Waals surface area contributed by atoms with E-state index in [9.17, 15) is 18.0 Å². The Morgan fingerprint density at radius 2 is 1.70 bits per heavy atom. The molecule has 0 aliphatic rings. The lowest BCUT2D eigenvalue weighted by Crippen LogP contribution is -2.30. The molecule has 0 heterocycles. The van der Waals surface area contributed by atoms with Crippen LogP contribution in [0.2, 0.25) is 5.02 Å². The van der Waals surface area contributed by atoms with Gasteiger partial charge in [0, 0.05) is 11.7 Å². The minimum atomic E-state index is -3.82. The Morgan fingerprint density at radius 1 is 1.03 bits per heavy atom. The smallest absolute Gasteiger partial charge is 0.412 e. The van der Waals surface area contributed by atoms with E-state index in [0.29, 0.717) is 11.4 Å². The van der Waals surface area contributed by atoms with Crippen LogP contribution in [-0.4, -0.2) is 39.2 Å². The zero-order valence-corrected chi connectivity index (χ0v) is 20.8. The van der Waals surface area contributed by atoms with Crippen LogP contribution in [0.25, 0.3) is 0 Å². The summed E-state index contributed by atoms with van der Waals surface area (Å²) in [5, 5.41) is 5.30. The summed E-state index contributed by atoms with van der Waals surface area (Å²) in [5.74, 6) is -0.278. The highest BCUT2D eigenvalue weighted by Gasteiger charge is 2.21. The van der Waals surface area contributed by atoms with Gasteiger partial charge in [0.25, 0.3) is 5.91 Å². The molecule has 33 heavy (non-hydrogen) atoms. The number of benzene rings is 2. The van der Waals surface area contributed by atoms with Crippen LogP contribution in [0, 0.1) is 0 Å². The Labute approximate surface area is 198 Å². The fraction of sp³-hybridized carbons (Fsp3) is 0.364. The highest BCUT2D eigenvalue weighted by atomic mass is 35.5. The number of sulfonamides is 1. The number of hydrogen-bond acceptors (Lipinski definition) is 6. The molecule has 180 valence electrons. The molecule has 3 N–H and O–H groups in total.